The van der Waals surface area contributed by atoms with E-state index in [4.69, 9.17) is 4.42 Å². The summed E-state index contributed by atoms with van der Waals surface area (Å²) in [7, 11) is 0. The van der Waals surface area contributed by atoms with E-state index in [2.05, 4.69) is 51.2 Å². The highest BCUT2D eigenvalue weighted by atomic mass is 16.3. The van der Waals surface area contributed by atoms with Crippen molar-refractivity contribution in [1.29, 1.82) is 0 Å². The van der Waals surface area contributed by atoms with E-state index >= 15 is 0 Å². The molecule has 0 bridgehead atoms. The largest absolute Gasteiger partial charge is 0.464 e. The minimum atomic E-state index is 0.113. The van der Waals surface area contributed by atoms with Crippen molar-refractivity contribution in [3.05, 3.63) is 36.1 Å². The first-order valence-electron chi connectivity index (χ1n) is 6.27. The van der Waals surface area contributed by atoms with Crippen molar-refractivity contribution in [1.82, 2.24) is 5.32 Å². The number of rotatable bonds is 4. The van der Waals surface area contributed by atoms with Crippen LogP contribution >= 0.6 is 0 Å². The van der Waals surface area contributed by atoms with Crippen molar-refractivity contribution < 1.29 is 4.42 Å². The normalized spacial score (nSPS) is 14.1. The van der Waals surface area contributed by atoms with E-state index in [-0.39, 0.29) is 5.41 Å². The molecule has 0 aliphatic heterocycles. The van der Waals surface area contributed by atoms with E-state index < -0.39 is 0 Å². The molecule has 0 aliphatic rings. The van der Waals surface area contributed by atoms with Gasteiger partial charge in [0.1, 0.15) is 5.58 Å². The summed E-state index contributed by atoms with van der Waals surface area (Å²) in [4.78, 5) is 0. The Bertz CT molecular complexity index is 498. The van der Waals surface area contributed by atoms with Gasteiger partial charge < -0.3 is 9.73 Å². The molecule has 2 heteroatoms. The third-order valence-corrected chi connectivity index (χ3v) is 3.79. The number of nitrogens with one attached hydrogen (secondary N) is 1. The van der Waals surface area contributed by atoms with Crippen molar-refractivity contribution in [3.8, 4) is 0 Å². The maximum Gasteiger partial charge on any atom is 0.133 e. The maximum atomic E-state index is 5.38. The van der Waals surface area contributed by atoms with E-state index in [1.54, 1.807) is 6.26 Å². The minimum Gasteiger partial charge on any atom is -0.464 e. The molecule has 0 radical (unpaired) electrons. The zero-order chi connectivity index (χ0) is 12.5. The highest BCUT2D eigenvalue weighted by Gasteiger charge is 2.27. The fourth-order valence-electron chi connectivity index (χ4n) is 2.18. The van der Waals surface area contributed by atoms with E-state index in [0.29, 0.717) is 6.04 Å². The van der Waals surface area contributed by atoms with Crippen molar-refractivity contribution >= 4 is 11.0 Å². The lowest BCUT2D eigenvalue weighted by Gasteiger charge is -2.33. The van der Waals surface area contributed by atoms with Crippen molar-refractivity contribution in [2.45, 2.75) is 39.2 Å². The number of hydrogen-bond acceptors (Lipinski definition) is 2. The van der Waals surface area contributed by atoms with Gasteiger partial charge >= 0.3 is 0 Å². The van der Waals surface area contributed by atoms with Gasteiger partial charge in [-0.1, -0.05) is 26.8 Å². The summed E-state index contributed by atoms with van der Waals surface area (Å²) in [6.07, 6.45) is 1.75. The molecule has 0 amide bonds. The van der Waals surface area contributed by atoms with Crippen LogP contribution in [0.3, 0.4) is 0 Å². The summed E-state index contributed by atoms with van der Waals surface area (Å²) in [6, 6.07) is 8.92. The molecule has 17 heavy (non-hydrogen) atoms. The average Bonchev–Trinajstić information content (AvgIpc) is 2.76. The number of benzene rings is 1. The Morgan fingerprint density at radius 1 is 1.29 bits per heavy atom. The molecule has 1 aromatic carbocycles. The van der Waals surface area contributed by atoms with Gasteiger partial charge in [-0.3, -0.25) is 0 Å². The quantitative estimate of drug-likeness (QED) is 0.867. The molecule has 2 nitrogen and oxygen atoms in total. The van der Waals surface area contributed by atoms with Crippen LogP contribution in [0.2, 0.25) is 0 Å². The van der Waals surface area contributed by atoms with E-state index in [1.807, 2.05) is 6.07 Å². The molecular weight excluding hydrogens is 210 g/mol. The Labute approximate surface area is 103 Å². The molecule has 1 N–H and O–H groups in total. The molecule has 1 heterocycles. The number of fused-ring (bicyclic) bond motifs is 1. The Kier molecular flexibility index (Phi) is 3.25. The predicted molar refractivity (Wildman–Crippen MR) is 72.4 cm³/mol. The molecule has 2 aromatic rings. The molecule has 0 saturated heterocycles. The molecule has 0 saturated carbocycles. The van der Waals surface area contributed by atoms with E-state index in [1.165, 1.54) is 10.9 Å². The monoisotopic (exact) mass is 231 g/mol. The lowest BCUT2D eigenvalue weighted by atomic mass is 9.78. The number of furan rings is 1. The third-order valence-electron chi connectivity index (χ3n) is 3.79. The smallest absolute Gasteiger partial charge is 0.133 e. The van der Waals surface area contributed by atoms with Gasteiger partial charge in [0.15, 0.2) is 0 Å². The Balaban J connectivity index is 2.36. The van der Waals surface area contributed by atoms with Crippen LogP contribution < -0.4 is 5.32 Å². The summed E-state index contributed by atoms with van der Waals surface area (Å²) in [5.41, 5.74) is 2.42. The fraction of sp³-hybridized carbons (Fsp3) is 0.467. The molecule has 1 unspecified atom stereocenters. The van der Waals surface area contributed by atoms with E-state index in [9.17, 15) is 0 Å². The molecule has 1 aromatic heterocycles. The highest BCUT2D eigenvalue weighted by molar-refractivity contribution is 5.78. The summed E-state index contributed by atoms with van der Waals surface area (Å²) >= 11 is 0. The van der Waals surface area contributed by atoms with Gasteiger partial charge in [-0.15, -0.1) is 0 Å². The first kappa shape index (κ1) is 12.2. The van der Waals surface area contributed by atoms with Crippen LogP contribution in [-0.4, -0.2) is 12.6 Å². The Hall–Kier alpha value is -1.28. The predicted octanol–water partition coefficient (Wildman–Crippen LogP) is 3.71. The third kappa shape index (κ3) is 2.22. The fourth-order valence-corrected chi connectivity index (χ4v) is 2.18. The minimum absolute atomic E-state index is 0.113. The van der Waals surface area contributed by atoms with Crippen LogP contribution in [0.5, 0.6) is 0 Å². The van der Waals surface area contributed by atoms with Gasteiger partial charge in [0.25, 0.3) is 0 Å². The van der Waals surface area contributed by atoms with Gasteiger partial charge in [-0.25, -0.2) is 0 Å². The van der Waals surface area contributed by atoms with Gasteiger partial charge in [-0.05, 0) is 37.2 Å². The molecule has 2 rings (SSSR count). The second-order valence-electron chi connectivity index (χ2n) is 5.17. The maximum absolute atomic E-state index is 5.38. The van der Waals surface area contributed by atoms with Crippen molar-refractivity contribution in [3.63, 3.8) is 0 Å². The Morgan fingerprint density at radius 3 is 2.76 bits per heavy atom. The topological polar surface area (TPSA) is 25.2 Å². The molecule has 0 spiro atoms. The van der Waals surface area contributed by atoms with E-state index in [0.717, 1.165) is 12.1 Å². The van der Waals surface area contributed by atoms with Gasteiger partial charge in [-0.2, -0.15) is 0 Å². The zero-order valence-corrected chi connectivity index (χ0v) is 11.1. The molecule has 0 fully saturated rings. The van der Waals surface area contributed by atoms with Crippen LogP contribution in [0.4, 0.5) is 0 Å². The molecular formula is C15H21NO. The first-order valence-corrected chi connectivity index (χ1v) is 6.27. The summed E-state index contributed by atoms with van der Waals surface area (Å²) in [6.45, 7) is 9.94. The lowest BCUT2D eigenvalue weighted by Crippen LogP contribution is -2.42. The summed E-state index contributed by atoms with van der Waals surface area (Å²) < 4.78 is 5.38. The van der Waals surface area contributed by atoms with Gasteiger partial charge in [0.05, 0.1) is 6.26 Å². The summed E-state index contributed by atoms with van der Waals surface area (Å²) in [5, 5.41) is 4.68. The first-order chi connectivity index (χ1) is 8.05. The average molecular weight is 231 g/mol. The lowest BCUT2D eigenvalue weighted by molar-refractivity contribution is 0.369. The van der Waals surface area contributed by atoms with Crippen molar-refractivity contribution in [2.24, 2.45) is 0 Å². The standard InChI is InChI=1S/C15H21NO/c1-5-16-11(2)15(3,4)13-6-7-14-12(10-13)8-9-17-14/h6-11,16H,5H2,1-4H3. The van der Waals surface area contributed by atoms with Crippen LogP contribution in [0.1, 0.15) is 33.3 Å². The molecule has 92 valence electrons. The SMILES string of the molecule is CCNC(C)C(C)(C)c1ccc2occc2c1. The second-order valence-corrected chi connectivity index (χ2v) is 5.17. The van der Waals surface area contributed by atoms with Crippen LogP contribution in [0.15, 0.2) is 34.9 Å². The highest BCUT2D eigenvalue weighted by Crippen LogP contribution is 2.30. The molecule has 0 aliphatic carbocycles. The van der Waals surface area contributed by atoms with Gasteiger partial charge in [0, 0.05) is 16.8 Å². The zero-order valence-electron chi connectivity index (χ0n) is 11.1. The number of hydrogen-bond donors (Lipinski definition) is 1. The molecule has 1 atom stereocenters. The summed E-state index contributed by atoms with van der Waals surface area (Å²) in [5.74, 6) is 0. The Morgan fingerprint density at radius 2 is 2.06 bits per heavy atom. The van der Waals surface area contributed by atoms with Crippen molar-refractivity contribution in [2.75, 3.05) is 6.54 Å². The van der Waals surface area contributed by atoms with Crippen LogP contribution in [0.25, 0.3) is 11.0 Å². The second kappa shape index (κ2) is 4.53. The van der Waals surface area contributed by atoms with Crippen LogP contribution in [-0.2, 0) is 5.41 Å². The van der Waals surface area contributed by atoms with Crippen LogP contribution in [0, 0.1) is 0 Å². The number of likely N-dealkylation sites (N-methyl/N-ethyl adjacent to an activating group) is 1. The van der Waals surface area contributed by atoms with Gasteiger partial charge in [0.2, 0.25) is 0 Å².